The third-order valence-corrected chi connectivity index (χ3v) is 6.86. The van der Waals surface area contributed by atoms with Gasteiger partial charge in [0, 0.05) is 28.9 Å². The summed E-state index contributed by atoms with van der Waals surface area (Å²) in [6.07, 6.45) is -2.67. The minimum atomic E-state index is -1.35. The van der Waals surface area contributed by atoms with Crippen molar-refractivity contribution in [3.05, 3.63) is 120 Å². The maximum atomic E-state index is 13.2. The average Bonchev–Trinajstić information content (AvgIpc) is 3.53. The van der Waals surface area contributed by atoms with Gasteiger partial charge in [-0.15, -0.1) is 0 Å². The van der Waals surface area contributed by atoms with E-state index in [0.717, 1.165) is 11.1 Å². The van der Waals surface area contributed by atoms with Gasteiger partial charge in [0.1, 0.15) is 12.8 Å². The van der Waals surface area contributed by atoms with Gasteiger partial charge in [-0.2, -0.15) is 0 Å². The Labute approximate surface area is 247 Å². The van der Waals surface area contributed by atoms with Crippen LogP contribution in [0.15, 0.2) is 109 Å². The van der Waals surface area contributed by atoms with E-state index in [2.05, 4.69) is 16.0 Å². The van der Waals surface area contributed by atoms with Gasteiger partial charge in [-0.05, 0) is 41.5 Å². The monoisotopic (exact) mass is 579 g/mol. The number of benzene rings is 4. The predicted octanol–water partition coefficient (Wildman–Crippen LogP) is 4.10. The molecule has 218 valence electrons. The van der Waals surface area contributed by atoms with Crippen LogP contribution in [0.4, 0.5) is 11.4 Å². The zero-order chi connectivity index (χ0) is 30.2. The number of carbonyl (C=O) groups is 4. The first kappa shape index (κ1) is 29.2. The third-order valence-electron chi connectivity index (χ3n) is 6.86. The average molecular weight is 580 g/mol. The number of nitrogens with one attached hydrogen (secondary N) is 3. The standard InChI is InChI=1S/C33H29N3O7/c37-30(23-11-5-2-6-12-23)34-24-17-15-21(16-18-24)19-27(33(40)41)36-32(39)29-28(42-20-43-29)31(38)35-26-14-8-7-13-25(26)22-9-3-1-4-10-22/h1-18,27-29H,19-20H2,(H,34,37)(H,35,38)(H,36,39)(H,40,41)/t27?,28-,29-/m1/s1. The SMILES string of the molecule is O=C(Nc1ccc(CC(NC(=O)[C@@H]2OCO[C@H]2C(=O)Nc2ccccc2-c2ccccc2)C(=O)O)cc1)c1ccccc1. The summed E-state index contributed by atoms with van der Waals surface area (Å²) in [6.45, 7) is -0.301. The first-order valence-corrected chi connectivity index (χ1v) is 13.6. The molecule has 0 spiro atoms. The number of hydrogen-bond donors (Lipinski definition) is 4. The van der Waals surface area contributed by atoms with Crippen LogP contribution >= 0.6 is 0 Å². The molecule has 4 N–H and O–H groups in total. The Morgan fingerprint density at radius 2 is 1.33 bits per heavy atom. The van der Waals surface area contributed by atoms with E-state index in [1.54, 1.807) is 60.7 Å². The molecular weight excluding hydrogens is 550 g/mol. The van der Waals surface area contributed by atoms with Crippen LogP contribution < -0.4 is 16.0 Å². The summed E-state index contributed by atoms with van der Waals surface area (Å²) in [4.78, 5) is 50.7. The number of carbonyl (C=O) groups excluding carboxylic acids is 3. The highest BCUT2D eigenvalue weighted by molar-refractivity contribution is 6.04. The number of hydrogen-bond acceptors (Lipinski definition) is 6. The van der Waals surface area contributed by atoms with Crippen molar-refractivity contribution in [1.82, 2.24) is 5.32 Å². The van der Waals surface area contributed by atoms with Crippen LogP contribution in [0.1, 0.15) is 15.9 Å². The first-order valence-electron chi connectivity index (χ1n) is 13.6. The minimum Gasteiger partial charge on any atom is -0.480 e. The number of carboxylic acids is 1. The molecule has 1 fully saturated rings. The molecule has 0 radical (unpaired) electrons. The second-order valence-corrected chi connectivity index (χ2v) is 9.81. The normalized spacial score (nSPS) is 16.6. The lowest BCUT2D eigenvalue weighted by atomic mass is 10.0. The van der Waals surface area contributed by atoms with E-state index < -0.39 is 36.0 Å². The van der Waals surface area contributed by atoms with E-state index in [4.69, 9.17) is 9.47 Å². The van der Waals surface area contributed by atoms with Crippen LogP contribution in [-0.2, 0) is 30.3 Å². The summed E-state index contributed by atoms with van der Waals surface area (Å²) >= 11 is 0. The molecule has 10 nitrogen and oxygen atoms in total. The Kier molecular flexibility index (Phi) is 9.20. The van der Waals surface area contributed by atoms with Crippen LogP contribution in [0, 0.1) is 0 Å². The maximum absolute atomic E-state index is 13.2. The van der Waals surface area contributed by atoms with Crippen molar-refractivity contribution in [2.24, 2.45) is 0 Å². The van der Waals surface area contributed by atoms with Crippen LogP contribution in [0.2, 0.25) is 0 Å². The summed E-state index contributed by atoms with van der Waals surface area (Å²) in [5.41, 5.74) is 3.86. The number of rotatable bonds is 10. The van der Waals surface area contributed by atoms with Crippen molar-refractivity contribution < 1.29 is 33.8 Å². The maximum Gasteiger partial charge on any atom is 0.326 e. The van der Waals surface area contributed by atoms with Crippen LogP contribution in [0.5, 0.6) is 0 Å². The fourth-order valence-corrected chi connectivity index (χ4v) is 4.66. The molecule has 4 aromatic carbocycles. The van der Waals surface area contributed by atoms with Gasteiger partial charge < -0.3 is 30.5 Å². The molecule has 3 atom stereocenters. The Morgan fingerprint density at radius 3 is 2.00 bits per heavy atom. The molecular formula is C33H29N3O7. The molecule has 0 aliphatic carbocycles. The molecule has 3 amide bonds. The van der Waals surface area contributed by atoms with E-state index in [-0.39, 0.29) is 19.1 Å². The molecule has 1 heterocycles. The second kappa shape index (κ2) is 13.6. The Morgan fingerprint density at radius 1 is 0.721 bits per heavy atom. The Bertz CT molecular complexity index is 1590. The lowest BCUT2D eigenvalue weighted by Gasteiger charge is -2.20. The second-order valence-electron chi connectivity index (χ2n) is 9.81. The fourth-order valence-electron chi connectivity index (χ4n) is 4.66. The molecule has 1 saturated heterocycles. The Balaban J connectivity index is 1.21. The predicted molar refractivity (Wildman–Crippen MR) is 159 cm³/mol. The summed E-state index contributed by atoms with van der Waals surface area (Å²) in [7, 11) is 0. The van der Waals surface area contributed by atoms with Crippen molar-refractivity contribution >= 4 is 35.1 Å². The van der Waals surface area contributed by atoms with Crippen molar-refractivity contribution in [2.75, 3.05) is 17.4 Å². The molecule has 10 heteroatoms. The summed E-state index contributed by atoms with van der Waals surface area (Å²) in [5, 5.41) is 17.9. The number of anilines is 2. The van der Waals surface area contributed by atoms with Crippen LogP contribution in [0.25, 0.3) is 11.1 Å². The minimum absolute atomic E-state index is 0.0388. The highest BCUT2D eigenvalue weighted by Gasteiger charge is 2.42. The van der Waals surface area contributed by atoms with Gasteiger partial charge in [-0.1, -0.05) is 78.9 Å². The van der Waals surface area contributed by atoms with Crippen molar-refractivity contribution in [2.45, 2.75) is 24.7 Å². The number of carboxylic acid groups (broad SMARTS) is 1. The number of ether oxygens (including phenoxy) is 2. The molecule has 1 unspecified atom stereocenters. The summed E-state index contributed by atoms with van der Waals surface area (Å²) < 4.78 is 10.8. The van der Waals surface area contributed by atoms with Gasteiger partial charge in [-0.25, -0.2) is 4.79 Å². The van der Waals surface area contributed by atoms with Crippen LogP contribution in [-0.4, -0.2) is 53.8 Å². The van der Waals surface area contributed by atoms with E-state index in [1.807, 2.05) is 48.5 Å². The van der Waals surface area contributed by atoms with Crippen molar-refractivity contribution in [3.8, 4) is 11.1 Å². The van der Waals surface area contributed by atoms with Gasteiger partial charge in [0.2, 0.25) is 0 Å². The van der Waals surface area contributed by atoms with E-state index >= 15 is 0 Å². The molecule has 0 saturated carbocycles. The van der Waals surface area contributed by atoms with E-state index in [9.17, 15) is 24.3 Å². The van der Waals surface area contributed by atoms with E-state index in [0.29, 0.717) is 22.5 Å². The molecule has 43 heavy (non-hydrogen) atoms. The smallest absolute Gasteiger partial charge is 0.326 e. The number of aliphatic carboxylic acids is 1. The van der Waals surface area contributed by atoms with Gasteiger partial charge in [-0.3, -0.25) is 14.4 Å². The van der Waals surface area contributed by atoms with Crippen LogP contribution in [0.3, 0.4) is 0 Å². The van der Waals surface area contributed by atoms with Gasteiger partial charge in [0.15, 0.2) is 12.2 Å². The molecule has 1 aliphatic heterocycles. The topological polar surface area (TPSA) is 143 Å². The lowest BCUT2D eigenvalue weighted by molar-refractivity contribution is -0.144. The quantitative estimate of drug-likeness (QED) is 0.222. The van der Waals surface area contributed by atoms with Gasteiger partial charge in [0.05, 0.1) is 0 Å². The Hall–Kier alpha value is -5.32. The van der Waals surface area contributed by atoms with Gasteiger partial charge >= 0.3 is 5.97 Å². The summed E-state index contributed by atoms with van der Waals surface area (Å²) in [6, 6.07) is 30.8. The molecule has 1 aliphatic rings. The molecule has 0 bridgehead atoms. The number of amides is 3. The van der Waals surface area contributed by atoms with Crippen molar-refractivity contribution in [3.63, 3.8) is 0 Å². The highest BCUT2D eigenvalue weighted by Crippen LogP contribution is 2.28. The summed E-state index contributed by atoms with van der Waals surface area (Å²) in [5.74, 6) is -2.91. The third kappa shape index (κ3) is 7.31. The first-order chi connectivity index (χ1) is 20.9. The molecule has 0 aromatic heterocycles. The highest BCUT2D eigenvalue weighted by atomic mass is 16.7. The van der Waals surface area contributed by atoms with Crippen molar-refractivity contribution in [1.29, 1.82) is 0 Å². The molecule has 4 aromatic rings. The zero-order valence-corrected chi connectivity index (χ0v) is 22.9. The molecule has 5 rings (SSSR count). The lowest BCUT2D eigenvalue weighted by Crippen LogP contribution is -2.51. The fraction of sp³-hybridized carbons (Fsp3) is 0.152. The largest absolute Gasteiger partial charge is 0.480 e. The van der Waals surface area contributed by atoms with E-state index in [1.165, 1.54) is 0 Å². The number of para-hydroxylation sites is 1. The zero-order valence-electron chi connectivity index (χ0n) is 22.9. The van der Waals surface area contributed by atoms with Gasteiger partial charge in [0.25, 0.3) is 17.7 Å².